The summed E-state index contributed by atoms with van der Waals surface area (Å²) >= 11 is 0. The van der Waals surface area contributed by atoms with Crippen LogP contribution in [0.1, 0.15) is 13.3 Å². The van der Waals surface area contributed by atoms with Gasteiger partial charge in [0.25, 0.3) is 5.56 Å². The molecule has 23 heavy (non-hydrogen) atoms. The van der Waals surface area contributed by atoms with Crippen LogP contribution in [0.25, 0.3) is 10.8 Å². The van der Waals surface area contributed by atoms with E-state index < -0.39 is 21.3 Å². The molecule has 1 aliphatic rings. The molecule has 0 bridgehead atoms. The second-order valence-electron chi connectivity index (χ2n) is 6.15. The Bertz CT molecular complexity index is 935. The van der Waals surface area contributed by atoms with Gasteiger partial charge in [-0.2, -0.15) is 5.10 Å². The molecular formula is C15H17N3O4S. The molecule has 0 unspecified atom stereocenters. The molecule has 8 heteroatoms. The van der Waals surface area contributed by atoms with Gasteiger partial charge in [0.2, 0.25) is 5.91 Å². The number of fused-ring (bicyclic) bond motifs is 1. The number of aromatic nitrogens is 2. The van der Waals surface area contributed by atoms with Crippen LogP contribution < -0.4 is 10.9 Å². The van der Waals surface area contributed by atoms with Gasteiger partial charge in [-0.1, -0.05) is 18.2 Å². The molecule has 1 aromatic carbocycles. The van der Waals surface area contributed by atoms with E-state index in [9.17, 15) is 18.0 Å². The molecule has 1 fully saturated rings. The number of nitrogens with zero attached hydrogens (tertiary/aromatic N) is 2. The van der Waals surface area contributed by atoms with Crippen molar-refractivity contribution in [1.82, 2.24) is 15.1 Å². The highest BCUT2D eigenvalue weighted by molar-refractivity contribution is 7.91. The normalized spacial score (nSPS) is 23.0. The second-order valence-corrected chi connectivity index (χ2v) is 8.33. The minimum Gasteiger partial charge on any atom is -0.348 e. The summed E-state index contributed by atoms with van der Waals surface area (Å²) < 4.78 is 24.2. The van der Waals surface area contributed by atoms with Crippen molar-refractivity contribution >= 4 is 26.5 Å². The fourth-order valence-electron chi connectivity index (χ4n) is 2.86. The van der Waals surface area contributed by atoms with E-state index in [4.69, 9.17) is 0 Å². The van der Waals surface area contributed by atoms with Crippen LogP contribution in [0.3, 0.4) is 0 Å². The van der Waals surface area contributed by atoms with Crippen LogP contribution in [-0.4, -0.2) is 41.2 Å². The van der Waals surface area contributed by atoms with E-state index in [0.717, 1.165) is 4.68 Å². The van der Waals surface area contributed by atoms with Gasteiger partial charge in [0.1, 0.15) is 6.54 Å². The number of nitrogens with one attached hydrogen (secondary N) is 1. The quantitative estimate of drug-likeness (QED) is 0.857. The summed E-state index contributed by atoms with van der Waals surface area (Å²) in [7, 11) is -3.11. The summed E-state index contributed by atoms with van der Waals surface area (Å²) in [6, 6.07) is 7.01. The van der Waals surface area contributed by atoms with Crippen LogP contribution in [-0.2, 0) is 21.2 Å². The van der Waals surface area contributed by atoms with E-state index in [1.165, 1.54) is 6.20 Å². The van der Waals surface area contributed by atoms with E-state index in [1.807, 2.05) is 6.07 Å². The molecule has 2 heterocycles. The largest absolute Gasteiger partial charge is 0.348 e. The molecule has 0 radical (unpaired) electrons. The van der Waals surface area contributed by atoms with E-state index in [2.05, 4.69) is 10.4 Å². The topological polar surface area (TPSA) is 98.1 Å². The van der Waals surface area contributed by atoms with Crippen molar-refractivity contribution in [2.45, 2.75) is 25.4 Å². The summed E-state index contributed by atoms with van der Waals surface area (Å²) in [5.41, 5.74) is -1.13. The molecule has 0 spiro atoms. The Hall–Kier alpha value is -2.22. The number of carbonyl (C=O) groups excluding carboxylic acids is 1. The average molecular weight is 335 g/mol. The van der Waals surface area contributed by atoms with Crippen molar-refractivity contribution in [1.29, 1.82) is 0 Å². The van der Waals surface area contributed by atoms with Crippen molar-refractivity contribution in [2.24, 2.45) is 0 Å². The third kappa shape index (κ3) is 3.26. The highest BCUT2D eigenvalue weighted by atomic mass is 32.2. The molecule has 0 aliphatic carbocycles. The Labute approximate surface area is 133 Å². The van der Waals surface area contributed by atoms with Crippen molar-refractivity contribution in [3.8, 4) is 0 Å². The van der Waals surface area contributed by atoms with E-state index >= 15 is 0 Å². The van der Waals surface area contributed by atoms with E-state index in [0.29, 0.717) is 17.2 Å². The lowest BCUT2D eigenvalue weighted by molar-refractivity contribution is -0.123. The van der Waals surface area contributed by atoms with Crippen molar-refractivity contribution in [2.75, 3.05) is 11.5 Å². The molecule has 1 atom stereocenters. The Morgan fingerprint density at radius 2 is 2.13 bits per heavy atom. The van der Waals surface area contributed by atoms with Gasteiger partial charge in [-0.25, -0.2) is 13.1 Å². The summed E-state index contributed by atoms with van der Waals surface area (Å²) in [6.45, 7) is 1.46. The minimum absolute atomic E-state index is 0.0674. The number of hydrogen-bond acceptors (Lipinski definition) is 5. The molecule has 1 amide bonds. The molecule has 1 aromatic heterocycles. The number of rotatable bonds is 3. The van der Waals surface area contributed by atoms with Crippen LogP contribution in [0.2, 0.25) is 0 Å². The number of amides is 1. The van der Waals surface area contributed by atoms with E-state index in [1.54, 1.807) is 25.1 Å². The van der Waals surface area contributed by atoms with Gasteiger partial charge in [-0.05, 0) is 19.4 Å². The van der Waals surface area contributed by atoms with Crippen molar-refractivity contribution in [3.63, 3.8) is 0 Å². The Morgan fingerprint density at radius 3 is 2.83 bits per heavy atom. The number of hydrogen-bond donors (Lipinski definition) is 1. The first-order valence-corrected chi connectivity index (χ1v) is 9.07. The monoisotopic (exact) mass is 335 g/mol. The average Bonchev–Trinajstić information content (AvgIpc) is 2.75. The lowest BCUT2D eigenvalue weighted by Gasteiger charge is -2.23. The van der Waals surface area contributed by atoms with Crippen LogP contribution >= 0.6 is 0 Å². The smallest absolute Gasteiger partial charge is 0.275 e. The van der Waals surface area contributed by atoms with Gasteiger partial charge < -0.3 is 5.32 Å². The Morgan fingerprint density at radius 1 is 1.39 bits per heavy atom. The first kappa shape index (κ1) is 15.7. The van der Waals surface area contributed by atoms with Crippen molar-refractivity contribution in [3.05, 3.63) is 40.8 Å². The molecular weight excluding hydrogens is 318 g/mol. The molecule has 122 valence electrons. The van der Waals surface area contributed by atoms with E-state index in [-0.39, 0.29) is 23.6 Å². The van der Waals surface area contributed by atoms with Gasteiger partial charge in [0.15, 0.2) is 9.84 Å². The van der Waals surface area contributed by atoms with Gasteiger partial charge in [0, 0.05) is 5.39 Å². The molecule has 1 aliphatic heterocycles. The standard InChI is InChI=1S/C15H17N3O4S/c1-15(6-7-23(21,22)10-15)17-13(19)9-18-14(20)12-5-3-2-4-11(12)8-16-18/h2-5,8H,6-7,9-10H2,1H3,(H,17,19)/t15-/m1/s1. The summed E-state index contributed by atoms with van der Waals surface area (Å²) in [5.74, 6) is -0.432. The number of sulfone groups is 1. The first-order valence-electron chi connectivity index (χ1n) is 7.24. The number of carbonyl (C=O) groups is 1. The summed E-state index contributed by atoms with van der Waals surface area (Å²) in [5, 5.41) is 7.92. The van der Waals surface area contributed by atoms with Crippen LogP contribution in [0.5, 0.6) is 0 Å². The lowest BCUT2D eigenvalue weighted by atomic mass is 10.0. The fraction of sp³-hybridized carbons (Fsp3) is 0.400. The Balaban J connectivity index is 1.79. The van der Waals surface area contributed by atoms with Crippen LogP contribution in [0.15, 0.2) is 35.3 Å². The summed E-state index contributed by atoms with van der Waals surface area (Å²) in [6.07, 6.45) is 1.91. The number of benzene rings is 1. The van der Waals surface area contributed by atoms with Crippen LogP contribution in [0.4, 0.5) is 0 Å². The molecule has 1 saturated heterocycles. The van der Waals surface area contributed by atoms with Gasteiger partial charge in [0.05, 0.1) is 28.6 Å². The van der Waals surface area contributed by atoms with Gasteiger partial charge in [-0.15, -0.1) is 0 Å². The molecule has 1 N–H and O–H groups in total. The maximum absolute atomic E-state index is 12.3. The molecule has 2 aromatic rings. The van der Waals surface area contributed by atoms with Gasteiger partial charge >= 0.3 is 0 Å². The maximum Gasteiger partial charge on any atom is 0.275 e. The zero-order valence-electron chi connectivity index (χ0n) is 12.7. The highest BCUT2D eigenvalue weighted by Crippen LogP contribution is 2.22. The minimum atomic E-state index is -3.11. The second kappa shape index (κ2) is 5.45. The van der Waals surface area contributed by atoms with Crippen molar-refractivity contribution < 1.29 is 13.2 Å². The van der Waals surface area contributed by atoms with Gasteiger partial charge in [-0.3, -0.25) is 9.59 Å². The lowest BCUT2D eigenvalue weighted by Crippen LogP contribution is -2.48. The Kier molecular flexibility index (Phi) is 3.71. The fourth-order valence-corrected chi connectivity index (χ4v) is 4.95. The highest BCUT2D eigenvalue weighted by Gasteiger charge is 2.39. The molecule has 3 rings (SSSR count). The van der Waals surface area contributed by atoms with Crippen LogP contribution in [0, 0.1) is 0 Å². The maximum atomic E-state index is 12.3. The molecule has 7 nitrogen and oxygen atoms in total. The first-order chi connectivity index (χ1) is 10.8. The zero-order chi connectivity index (χ0) is 16.7. The third-order valence-corrected chi connectivity index (χ3v) is 5.90. The SMILES string of the molecule is C[C@@]1(NC(=O)Cn2ncc3ccccc3c2=O)CCS(=O)(=O)C1. The molecule has 0 saturated carbocycles. The third-order valence-electron chi connectivity index (χ3n) is 4.00. The predicted octanol–water partition coefficient (Wildman–Crippen LogP) is 0.0899. The summed E-state index contributed by atoms with van der Waals surface area (Å²) in [4.78, 5) is 24.5. The zero-order valence-corrected chi connectivity index (χ0v) is 13.5. The predicted molar refractivity (Wildman–Crippen MR) is 85.8 cm³/mol.